The van der Waals surface area contributed by atoms with Crippen molar-refractivity contribution in [1.82, 2.24) is 5.43 Å². The zero-order valence-electron chi connectivity index (χ0n) is 10.6. The standard InChI is InChI=1S/C13H12ClN3O3/c1-2-20-13(19)11-10(7-18)17(16-12(11)15)9-5-3-4-8(14)6-9/h3-6,16H,2,15H2,1H3. The zero-order valence-corrected chi connectivity index (χ0v) is 11.4. The number of hydrazine groups is 1. The SMILES string of the molecule is CCOC(=O)C1=C(N)NN(c2cccc(Cl)c2)C1=C=O. The summed E-state index contributed by atoms with van der Waals surface area (Å²) >= 11 is 5.90. The minimum Gasteiger partial charge on any atom is -0.462 e. The van der Waals surface area contributed by atoms with E-state index in [0.717, 1.165) is 0 Å². The van der Waals surface area contributed by atoms with Crippen LogP contribution in [0.4, 0.5) is 5.69 Å². The van der Waals surface area contributed by atoms with Gasteiger partial charge in [-0.25, -0.2) is 14.6 Å². The van der Waals surface area contributed by atoms with Gasteiger partial charge in [0.1, 0.15) is 11.4 Å². The van der Waals surface area contributed by atoms with Crippen molar-refractivity contribution in [3.63, 3.8) is 0 Å². The number of nitrogens with one attached hydrogen (secondary N) is 1. The Hall–Kier alpha value is -2.43. The van der Waals surface area contributed by atoms with Crippen LogP contribution in [-0.2, 0) is 14.3 Å². The molecule has 0 atom stereocenters. The summed E-state index contributed by atoms with van der Waals surface area (Å²) in [7, 11) is 0. The van der Waals surface area contributed by atoms with Crippen molar-refractivity contribution in [1.29, 1.82) is 0 Å². The number of rotatable bonds is 3. The molecule has 0 saturated carbocycles. The number of nitrogens with zero attached hydrogens (tertiary/aromatic N) is 1. The second-order valence-corrected chi connectivity index (χ2v) is 4.32. The van der Waals surface area contributed by atoms with Crippen LogP contribution >= 0.6 is 11.6 Å². The molecule has 0 amide bonds. The van der Waals surface area contributed by atoms with Crippen molar-refractivity contribution in [2.75, 3.05) is 11.6 Å². The number of carbonyl (C=O) groups excluding carboxylic acids is 2. The lowest BCUT2D eigenvalue weighted by molar-refractivity contribution is -0.138. The quantitative estimate of drug-likeness (QED) is 0.641. The number of hydrogen-bond donors (Lipinski definition) is 2. The first-order chi connectivity index (χ1) is 9.58. The van der Waals surface area contributed by atoms with E-state index in [1.165, 1.54) is 5.01 Å². The molecule has 0 bridgehead atoms. The van der Waals surface area contributed by atoms with Crippen LogP contribution < -0.4 is 16.2 Å². The summed E-state index contributed by atoms with van der Waals surface area (Å²) < 4.78 is 4.87. The van der Waals surface area contributed by atoms with Gasteiger partial charge in [0.05, 0.1) is 12.3 Å². The molecule has 1 aromatic carbocycles. The van der Waals surface area contributed by atoms with Crippen LogP contribution in [0, 0.1) is 0 Å². The fourth-order valence-electron chi connectivity index (χ4n) is 1.79. The molecule has 6 nitrogen and oxygen atoms in total. The Morgan fingerprint density at radius 1 is 1.55 bits per heavy atom. The molecule has 0 saturated heterocycles. The average Bonchev–Trinajstić information content (AvgIpc) is 2.75. The van der Waals surface area contributed by atoms with Gasteiger partial charge in [0.15, 0.2) is 11.6 Å². The van der Waals surface area contributed by atoms with E-state index < -0.39 is 5.97 Å². The summed E-state index contributed by atoms with van der Waals surface area (Å²) in [5.74, 6) is 1.05. The number of anilines is 1. The van der Waals surface area contributed by atoms with Crippen LogP contribution in [0.5, 0.6) is 0 Å². The number of esters is 1. The molecule has 2 rings (SSSR count). The molecule has 0 radical (unpaired) electrons. The first-order valence-corrected chi connectivity index (χ1v) is 6.21. The summed E-state index contributed by atoms with van der Waals surface area (Å²) in [6.45, 7) is 1.84. The average molecular weight is 294 g/mol. The maximum atomic E-state index is 11.8. The third-order valence-electron chi connectivity index (χ3n) is 2.60. The molecule has 7 heteroatoms. The molecule has 1 aliphatic rings. The Balaban J connectivity index is 2.38. The maximum absolute atomic E-state index is 11.8. The van der Waals surface area contributed by atoms with Gasteiger partial charge in [-0.3, -0.25) is 5.43 Å². The van der Waals surface area contributed by atoms with Crippen LogP contribution in [0.15, 0.2) is 41.4 Å². The topological polar surface area (TPSA) is 84.7 Å². The second-order valence-electron chi connectivity index (χ2n) is 3.89. The van der Waals surface area contributed by atoms with Gasteiger partial charge in [-0.05, 0) is 25.1 Å². The van der Waals surface area contributed by atoms with Gasteiger partial charge in [-0.15, -0.1) is 0 Å². The molecule has 0 unspecified atom stereocenters. The van der Waals surface area contributed by atoms with Crippen molar-refractivity contribution in [3.8, 4) is 0 Å². The van der Waals surface area contributed by atoms with Crippen LogP contribution in [0.1, 0.15) is 6.92 Å². The molecule has 104 valence electrons. The fourth-order valence-corrected chi connectivity index (χ4v) is 1.97. The van der Waals surface area contributed by atoms with Crippen molar-refractivity contribution in [2.24, 2.45) is 5.73 Å². The summed E-state index contributed by atoms with van der Waals surface area (Å²) in [5, 5.41) is 1.82. The van der Waals surface area contributed by atoms with E-state index in [4.69, 9.17) is 22.1 Å². The van der Waals surface area contributed by atoms with Gasteiger partial charge in [-0.1, -0.05) is 17.7 Å². The highest BCUT2D eigenvalue weighted by atomic mass is 35.5. The number of ether oxygens (including phenoxy) is 1. The van der Waals surface area contributed by atoms with Crippen LogP contribution in [-0.4, -0.2) is 18.5 Å². The van der Waals surface area contributed by atoms with Crippen LogP contribution in [0.25, 0.3) is 0 Å². The Morgan fingerprint density at radius 2 is 2.30 bits per heavy atom. The van der Waals surface area contributed by atoms with E-state index in [9.17, 15) is 9.59 Å². The second kappa shape index (κ2) is 5.69. The molecule has 1 aliphatic heterocycles. The third-order valence-corrected chi connectivity index (χ3v) is 2.84. The largest absolute Gasteiger partial charge is 0.462 e. The number of carbonyl (C=O) groups is 1. The van der Waals surface area contributed by atoms with Gasteiger partial charge in [-0.2, -0.15) is 0 Å². The molecule has 0 aliphatic carbocycles. The monoisotopic (exact) mass is 293 g/mol. The van der Waals surface area contributed by atoms with E-state index in [-0.39, 0.29) is 23.7 Å². The fraction of sp³-hybridized carbons (Fsp3) is 0.154. The van der Waals surface area contributed by atoms with E-state index in [2.05, 4.69) is 5.43 Å². The van der Waals surface area contributed by atoms with E-state index in [0.29, 0.717) is 10.7 Å². The molecule has 1 heterocycles. The van der Waals surface area contributed by atoms with Gasteiger partial charge in [0, 0.05) is 5.02 Å². The highest BCUT2D eigenvalue weighted by Gasteiger charge is 2.33. The van der Waals surface area contributed by atoms with Crippen molar-refractivity contribution < 1.29 is 14.3 Å². The molecular weight excluding hydrogens is 282 g/mol. The van der Waals surface area contributed by atoms with Crippen LogP contribution in [0.3, 0.4) is 0 Å². The van der Waals surface area contributed by atoms with E-state index >= 15 is 0 Å². The predicted molar refractivity (Wildman–Crippen MR) is 74.1 cm³/mol. The van der Waals surface area contributed by atoms with Crippen LogP contribution in [0.2, 0.25) is 5.02 Å². The highest BCUT2D eigenvalue weighted by molar-refractivity contribution is 6.30. The molecule has 0 fully saturated rings. The minimum absolute atomic E-state index is 0.0294. The Labute approximate surface area is 120 Å². The van der Waals surface area contributed by atoms with Crippen molar-refractivity contribution >= 4 is 29.2 Å². The number of halogens is 1. The Morgan fingerprint density at radius 3 is 2.90 bits per heavy atom. The Bertz CT molecular complexity index is 636. The molecule has 3 N–H and O–H groups in total. The number of hydrogen-bond acceptors (Lipinski definition) is 6. The summed E-state index contributed by atoms with van der Waals surface area (Å²) in [6.07, 6.45) is 0. The lowest BCUT2D eigenvalue weighted by Crippen LogP contribution is -2.33. The number of nitrogens with two attached hydrogens (primary N) is 1. The lowest BCUT2D eigenvalue weighted by atomic mass is 10.2. The minimum atomic E-state index is -0.680. The third kappa shape index (κ3) is 2.47. The number of benzene rings is 1. The first kappa shape index (κ1) is 14.0. The molecular formula is C13H12ClN3O3. The summed E-state index contributed by atoms with van der Waals surface area (Å²) in [5.41, 5.74) is 8.93. The van der Waals surface area contributed by atoms with E-state index in [1.807, 2.05) is 0 Å². The lowest BCUT2D eigenvalue weighted by Gasteiger charge is -2.19. The van der Waals surface area contributed by atoms with Crippen molar-refractivity contribution in [3.05, 3.63) is 46.4 Å². The Kier molecular flexibility index (Phi) is 3.98. The molecule has 0 aromatic heterocycles. The molecule has 0 spiro atoms. The normalized spacial score (nSPS) is 14.1. The van der Waals surface area contributed by atoms with Crippen molar-refractivity contribution in [2.45, 2.75) is 6.92 Å². The molecule has 1 aromatic rings. The molecule has 20 heavy (non-hydrogen) atoms. The van der Waals surface area contributed by atoms with Gasteiger partial charge in [0.2, 0.25) is 0 Å². The maximum Gasteiger partial charge on any atom is 0.344 e. The van der Waals surface area contributed by atoms with Gasteiger partial charge < -0.3 is 10.5 Å². The predicted octanol–water partition coefficient (Wildman–Crippen LogP) is 1.11. The summed E-state index contributed by atoms with van der Waals surface area (Å²) in [6, 6.07) is 6.72. The van der Waals surface area contributed by atoms with E-state index in [1.54, 1.807) is 37.1 Å². The van der Waals surface area contributed by atoms with Gasteiger partial charge >= 0.3 is 5.97 Å². The summed E-state index contributed by atoms with van der Waals surface area (Å²) in [4.78, 5) is 23.0. The van der Waals surface area contributed by atoms with Gasteiger partial charge in [0.25, 0.3) is 0 Å². The highest BCUT2D eigenvalue weighted by Crippen LogP contribution is 2.28. The first-order valence-electron chi connectivity index (χ1n) is 5.83. The zero-order chi connectivity index (χ0) is 14.7. The smallest absolute Gasteiger partial charge is 0.344 e.